The molecule has 0 unspecified atom stereocenters. The predicted molar refractivity (Wildman–Crippen MR) is 49.0 cm³/mol. The molecule has 70 valence electrons. The van der Waals surface area contributed by atoms with Gasteiger partial charge in [0.1, 0.15) is 0 Å². The van der Waals surface area contributed by atoms with Crippen molar-refractivity contribution in [3.8, 4) is 12.3 Å². The molecule has 1 rings (SSSR count). The Morgan fingerprint density at radius 3 is 2.69 bits per heavy atom. The molecule has 0 saturated heterocycles. The Morgan fingerprint density at radius 2 is 2.23 bits per heavy atom. The number of hydrogen-bond acceptors (Lipinski definition) is 3. The molecule has 0 aliphatic carbocycles. The van der Waals surface area contributed by atoms with E-state index in [4.69, 9.17) is 6.42 Å². The first-order chi connectivity index (χ1) is 6.07. The minimum Gasteiger partial charge on any atom is -0.335 e. The van der Waals surface area contributed by atoms with Crippen LogP contribution in [0.3, 0.4) is 0 Å². The number of carbonyl (C=O) groups excluding carboxylic acids is 1. The summed E-state index contributed by atoms with van der Waals surface area (Å²) < 4.78 is 0. The third-order valence-corrected chi connectivity index (χ3v) is 2.01. The summed E-state index contributed by atoms with van der Waals surface area (Å²) in [6.07, 6.45) is 6.22. The van der Waals surface area contributed by atoms with Crippen molar-refractivity contribution in [1.82, 2.24) is 4.90 Å². The van der Waals surface area contributed by atoms with E-state index in [1.165, 1.54) is 4.90 Å². The van der Waals surface area contributed by atoms with E-state index < -0.39 is 0 Å². The van der Waals surface area contributed by atoms with Crippen molar-refractivity contribution in [2.45, 2.75) is 25.4 Å². The highest BCUT2D eigenvalue weighted by Gasteiger charge is 2.34. The maximum atomic E-state index is 11.4. The largest absolute Gasteiger partial charge is 0.335 e. The standard InChI is InChI=1S/C9H13N3O/c1-4-7-12(3)8(13)5-6-9(2)10-11-9/h1H,5-7H2,2-3H3. The van der Waals surface area contributed by atoms with Gasteiger partial charge in [-0.25, -0.2) is 0 Å². The topological polar surface area (TPSA) is 45.0 Å². The van der Waals surface area contributed by atoms with E-state index in [-0.39, 0.29) is 11.6 Å². The number of hydrogen-bond donors (Lipinski definition) is 0. The number of rotatable bonds is 4. The first-order valence-corrected chi connectivity index (χ1v) is 4.19. The maximum Gasteiger partial charge on any atom is 0.223 e. The molecule has 0 fully saturated rings. The average Bonchev–Trinajstić information content (AvgIpc) is 2.81. The summed E-state index contributed by atoms with van der Waals surface area (Å²) >= 11 is 0. The van der Waals surface area contributed by atoms with Gasteiger partial charge < -0.3 is 4.90 Å². The Labute approximate surface area is 78.0 Å². The molecule has 0 aromatic carbocycles. The van der Waals surface area contributed by atoms with E-state index in [9.17, 15) is 4.79 Å². The zero-order valence-electron chi connectivity index (χ0n) is 7.95. The molecule has 0 N–H and O–H groups in total. The lowest BCUT2D eigenvalue weighted by Gasteiger charge is -2.13. The van der Waals surface area contributed by atoms with Crippen molar-refractivity contribution in [3.63, 3.8) is 0 Å². The first kappa shape index (κ1) is 9.72. The van der Waals surface area contributed by atoms with Crippen LogP contribution in [-0.4, -0.2) is 30.1 Å². The predicted octanol–water partition coefficient (Wildman–Crippen LogP) is 1.04. The van der Waals surface area contributed by atoms with Gasteiger partial charge in [0.05, 0.1) is 6.54 Å². The minimum absolute atomic E-state index is 0.0523. The summed E-state index contributed by atoms with van der Waals surface area (Å²) in [5, 5.41) is 7.65. The number of terminal acetylenes is 1. The molecule has 13 heavy (non-hydrogen) atoms. The molecule has 0 aromatic heterocycles. The molecule has 1 amide bonds. The Balaban J connectivity index is 2.21. The summed E-state index contributed by atoms with van der Waals surface area (Å²) in [5.41, 5.74) is -0.285. The average molecular weight is 179 g/mol. The molecule has 0 radical (unpaired) electrons. The summed E-state index contributed by atoms with van der Waals surface area (Å²) in [7, 11) is 1.70. The summed E-state index contributed by atoms with van der Waals surface area (Å²) in [6, 6.07) is 0. The van der Waals surface area contributed by atoms with E-state index in [0.717, 1.165) is 0 Å². The molecule has 0 bridgehead atoms. The van der Waals surface area contributed by atoms with Gasteiger partial charge in [0, 0.05) is 19.9 Å². The molecule has 1 heterocycles. The zero-order chi connectivity index (χ0) is 9.90. The highest BCUT2D eigenvalue weighted by Crippen LogP contribution is 2.31. The normalized spacial score (nSPS) is 16.4. The van der Waals surface area contributed by atoms with Crippen molar-refractivity contribution in [2.24, 2.45) is 10.2 Å². The lowest BCUT2D eigenvalue weighted by molar-refractivity contribution is -0.129. The van der Waals surface area contributed by atoms with Crippen LogP contribution in [-0.2, 0) is 4.79 Å². The lowest BCUT2D eigenvalue weighted by atomic mass is 10.1. The molecule has 0 aromatic rings. The number of nitrogens with zero attached hydrogens (tertiary/aromatic N) is 3. The van der Waals surface area contributed by atoms with Gasteiger partial charge >= 0.3 is 0 Å². The van der Waals surface area contributed by atoms with Crippen LogP contribution in [0.2, 0.25) is 0 Å². The molecule has 1 aliphatic rings. The van der Waals surface area contributed by atoms with Crippen LogP contribution in [0.25, 0.3) is 0 Å². The van der Waals surface area contributed by atoms with Crippen LogP contribution in [0, 0.1) is 12.3 Å². The first-order valence-electron chi connectivity index (χ1n) is 4.19. The molecule has 4 nitrogen and oxygen atoms in total. The van der Waals surface area contributed by atoms with Crippen molar-refractivity contribution in [2.75, 3.05) is 13.6 Å². The molecular formula is C9H13N3O. The fourth-order valence-corrected chi connectivity index (χ4v) is 0.945. The quantitative estimate of drug-likeness (QED) is 0.595. The van der Waals surface area contributed by atoms with Crippen LogP contribution in [0.5, 0.6) is 0 Å². The SMILES string of the molecule is C#CCN(C)C(=O)CCC1(C)N=N1. The minimum atomic E-state index is -0.285. The van der Waals surface area contributed by atoms with Gasteiger partial charge in [-0.05, 0) is 6.92 Å². The molecular weight excluding hydrogens is 166 g/mol. The van der Waals surface area contributed by atoms with Gasteiger partial charge in [0.15, 0.2) is 5.66 Å². The highest BCUT2D eigenvalue weighted by molar-refractivity contribution is 5.76. The van der Waals surface area contributed by atoms with Gasteiger partial charge in [0.2, 0.25) is 5.91 Å². The molecule has 0 saturated carbocycles. The van der Waals surface area contributed by atoms with E-state index in [2.05, 4.69) is 16.1 Å². The van der Waals surface area contributed by atoms with Crippen LogP contribution in [0.1, 0.15) is 19.8 Å². The van der Waals surface area contributed by atoms with Gasteiger partial charge in [-0.15, -0.1) is 6.42 Å². The van der Waals surface area contributed by atoms with E-state index in [1.54, 1.807) is 7.05 Å². The third-order valence-electron chi connectivity index (χ3n) is 2.01. The van der Waals surface area contributed by atoms with Crippen LogP contribution in [0.15, 0.2) is 10.2 Å². The van der Waals surface area contributed by atoms with Crippen molar-refractivity contribution in [1.29, 1.82) is 0 Å². The molecule has 1 aliphatic heterocycles. The van der Waals surface area contributed by atoms with Crippen LogP contribution < -0.4 is 0 Å². The zero-order valence-corrected chi connectivity index (χ0v) is 7.95. The summed E-state index contributed by atoms with van der Waals surface area (Å²) in [6.45, 7) is 2.27. The molecule has 4 heteroatoms. The monoisotopic (exact) mass is 179 g/mol. The van der Waals surface area contributed by atoms with Crippen LogP contribution in [0.4, 0.5) is 0 Å². The number of amides is 1. The fourth-order valence-electron chi connectivity index (χ4n) is 0.945. The van der Waals surface area contributed by atoms with E-state index in [1.807, 2.05) is 6.92 Å². The van der Waals surface area contributed by atoms with Crippen molar-refractivity contribution < 1.29 is 4.79 Å². The van der Waals surface area contributed by atoms with Gasteiger partial charge in [-0.1, -0.05) is 5.92 Å². The second-order valence-electron chi connectivity index (χ2n) is 3.37. The molecule has 0 spiro atoms. The molecule has 0 atom stereocenters. The van der Waals surface area contributed by atoms with Crippen LogP contribution >= 0.6 is 0 Å². The van der Waals surface area contributed by atoms with Gasteiger partial charge in [0.25, 0.3) is 0 Å². The van der Waals surface area contributed by atoms with Gasteiger partial charge in [-0.3, -0.25) is 4.79 Å². The summed E-state index contributed by atoms with van der Waals surface area (Å²) in [5.74, 6) is 2.47. The smallest absolute Gasteiger partial charge is 0.223 e. The highest BCUT2D eigenvalue weighted by atomic mass is 16.2. The Morgan fingerprint density at radius 1 is 1.62 bits per heavy atom. The lowest BCUT2D eigenvalue weighted by Crippen LogP contribution is -2.27. The Hall–Kier alpha value is -1.37. The third kappa shape index (κ3) is 2.86. The fraction of sp³-hybridized carbons (Fsp3) is 0.667. The van der Waals surface area contributed by atoms with Crippen molar-refractivity contribution in [3.05, 3.63) is 0 Å². The second kappa shape index (κ2) is 3.56. The van der Waals surface area contributed by atoms with Gasteiger partial charge in [-0.2, -0.15) is 10.2 Å². The maximum absolute atomic E-state index is 11.4. The Bertz CT molecular complexity index is 271. The van der Waals surface area contributed by atoms with E-state index in [0.29, 0.717) is 19.4 Å². The Kier molecular flexibility index (Phi) is 2.66. The second-order valence-corrected chi connectivity index (χ2v) is 3.37. The number of carbonyl (C=O) groups is 1. The summed E-state index contributed by atoms with van der Waals surface area (Å²) in [4.78, 5) is 12.9. The van der Waals surface area contributed by atoms with Crippen molar-refractivity contribution >= 4 is 5.91 Å². The van der Waals surface area contributed by atoms with E-state index >= 15 is 0 Å².